The SMILES string of the molecule is CCN(C)[C@@H](NC)C(C)C. The van der Waals surface area contributed by atoms with Gasteiger partial charge in [0.1, 0.15) is 0 Å². The van der Waals surface area contributed by atoms with Gasteiger partial charge in [-0.05, 0) is 26.6 Å². The van der Waals surface area contributed by atoms with E-state index in [2.05, 4.69) is 38.0 Å². The Balaban J connectivity index is 3.80. The first-order valence-electron chi connectivity index (χ1n) is 4.01. The highest BCUT2D eigenvalue weighted by atomic mass is 15.2. The maximum Gasteiger partial charge on any atom is 0.0615 e. The van der Waals surface area contributed by atoms with E-state index in [4.69, 9.17) is 0 Å². The third-order valence-corrected chi connectivity index (χ3v) is 1.90. The van der Waals surface area contributed by atoms with Gasteiger partial charge in [0.05, 0.1) is 6.17 Å². The molecule has 0 heterocycles. The minimum Gasteiger partial charge on any atom is -0.305 e. The molecule has 0 fully saturated rings. The molecule has 0 saturated carbocycles. The van der Waals surface area contributed by atoms with E-state index in [-0.39, 0.29) is 0 Å². The maximum absolute atomic E-state index is 3.28. The lowest BCUT2D eigenvalue weighted by Gasteiger charge is -2.29. The van der Waals surface area contributed by atoms with Crippen molar-refractivity contribution in [3.63, 3.8) is 0 Å². The Morgan fingerprint density at radius 2 is 1.90 bits per heavy atom. The van der Waals surface area contributed by atoms with Crippen LogP contribution < -0.4 is 5.32 Å². The van der Waals surface area contributed by atoms with Crippen LogP contribution in [0.4, 0.5) is 0 Å². The van der Waals surface area contributed by atoms with E-state index in [9.17, 15) is 0 Å². The van der Waals surface area contributed by atoms with Crippen molar-refractivity contribution in [1.82, 2.24) is 10.2 Å². The molecule has 0 aromatic rings. The Hall–Kier alpha value is -0.0800. The lowest BCUT2D eigenvalue weighted by atomic mass is 10.1. The van der Waals surface area contributed by atoms with Gasteiger partial charge in [-0.1, -0.05) is 20.8 Å². The van der Waals surface area contributed by atoms with E-state index in [1.165, 1.54) is 0 Å². The monoisotopic (exact) mass is 144 g/mol. The number of nitrogens with one attached hydrogen (secondary N) is 1. The molecule has 0 aliphatic heterocycles. The van der Waals surface area contributed by atoms with Gasteiger partial charge in [-0.25, -0.2) is 0 Å². The van der Waals surface area contributed by atoms with E-state index >= 15 is 0 Å². The Labute approximate surface area is 64.6 Å². The fourth-order valence-corrected chi connectivity index (χ4v) is 1.26. The summed E-state index contributed by atoms with van der Waals surface area (Å²) < 4.78 is 0. The molecular formula is C8H20N2. The molecule has 0 radical (unpaired) electrons. The highest BCUT2D eigenvalue weighted by Crippen LogP contribution is 2.03. The Bertz CT molecular complexity index is 81.3. The number of hydrogen-bond acceptors (Lipinski definition) is 2. The second kappa shape index (κ2) is 4.69. The zero-order chi connectivity index (χ0) is 8.15. The van der Waals surface area contributed by atoms with Crippen LogP contribution in [0.3, 0.4) is 0 Å². The predicted molar refractivity (Wildman–Crippen MR) is 46.0 cm³/mol. The zero-order valence-corrected chi connectivity index (χ0v) is 7.81. The molecule has 2 nitrogen and oxygen atoms in total. The maximum atomic E-state index is 3.28. The van der Waals surface area contributed by atoms with Crippen LogP contribution in [0, 0.1) is 5.92 Å². The van der Waals surface area contributed by atoms with Gasteiger partial charge in [-0.3, -0.25) is 4.90 Å². The number of hydrogen-bond donors (Lipinski definition) is 1. The molecule has 2 heteroatoms. The first kappa shape index (κ1) is 9.92. The van der Waals surface area contributed by atoms with Crippen molar-refractivity contribution in [2.24, 2.45) is 5.92 Å². The average molecular weight is 144 g/mol. The van der Waals surface area contributed by atoms with E-state index in [0.717, 1.165) is 6.54 Å². The molecule has 0 unspecified atom stereocenters. The number of rotatable bonds is 4. The van der Waals surface area contributed by atoms with Crippen LogP contribution >= 0.6 is 0 Å². The van der Waals surface area contributed by atoms with Crippen molar-refractivity contribution in [1.29, 1.82) is 0 Å². The summed E-state index contributed by atoms with van der Waals surface area (Å²) in [5, 5.41) is 3.28. The van der Waals surface area contributed by atoms with Crippen molar-refractivity contribution in [2.45, 2.75) is 26.9 Å². The van der Waals surface area contributed by atoms with Crippen molar-refractivity contribution in [2.75, 3.05) is 20.6 Å². The molecule has 62 valence electrons. The highest BCUT2D eigenvalue weighted by Gasteiger charge is 2.13. The molecule has 0 aromatic carbocycles. The van der Waals surface area contributed by atoms with Gasteiger partial charge in [-0.2, -0.15) is 0 Å². The second-order valence-electron chi connectivity index (χ2n) is 3.05. The summed E-state index contributed by atoms with van der Waals surface area (Å²) in [5.74, 6) is 0.676. The lowest BCUT2D eigenvalue weighted by Crippen LogP contribution is -2.45. The van der Waals surface area contributed by atoms with Crippen LogP contribution in [0.25, 0.3) is 0 Å². The minimum absolute atomic E-state index is 0.519. The lowest BCUT2D eigenvalue weighted by molar-refractivity contribution is 0.173. The van der Waals surface area contributed by atoms with Gasteiger partial charge in [0.15, 0.2) is 0 Å². The van der Waals surface area contributed by atoms with Crippen LogP contribution in [0.15, 0.2) is 0 Å². The normalized spacial score (nSPS) is 14.7. The smallest absolute Gasteiger partial charge is 0.0615 e. The summed E-state index contributed by atoms with van der Waals surface area (Å²) in [6.07, 6.45) is 0.519. The minimum atomic E-state index is 0.519. The Morgan fingerprint density at radius 1 is 1.40 bits per heavy atom. The quantitative estimate of drug-likeness (QED) is 0.595. The van der Waals surface area contributed by atoms with Crippen molar-refractivity contribution in [3.8, 4) is 0 Å². The summed E-state index contributed by atoms with van der Waals surface area (Å²) in [4.78, 5) is 2.31. The van der Waals surface area contributed by atoms with E-state index < -0.39 is 0 Å². The van der Waals surface area contributed by atoms with Gasteiger partial charge in [0.2, 0.25) is 0 Å². The predicted octanol–water partition coefficient (Wildman–Crippen LogP) is 1.14. The van der Waals surface area contributed by atoms with Gasteiger partial charge < -0.3 is 5.32 Å². The summed E-state index contributed by atoms with van der Waals surface area (Å²) in [6.45, 7) is 7.73. The van der Waals surface area contributed by atoms with Gasteiger partial charge >= 0.3 is 0 Å². The Kier molecular flexibility index (Phi) is 4.65. The highest BCUT2D eigenvalue weighted by molar-refractivity contribution is 4.66. The van der Waals surface area contributed by atoms with Gasteiger partial charge in [0.25, 0.3) is 0 Å². The third-order valence-electron chi connectivity index (χ3n) is 1.90. The van der Waals surface area contributed by atoms with Gasteiger partial charge in [0, 0.05) is 0 Å². The molecule has 1 N–H and O–H groups in total. The van der Waals surface area contributed by atoms with E-state index in [1.54, 1.807) is 0 Å². The zero-order valence-electron chi connectivity index (χ0n) is 7.81. The molecule has 1 atom stereocenters. The molecule has 0 aliphatic carbocycles. The molecular weight excluding hydrogens is 124 g/mol. The molecule has 0 aromatic heterocycles. The van der Waals surface area contributed by atoms with Crippen molar-refractivity contribution < 1.29 is 0 Å². The van der Waals surface area contributed by atoms with Crippen LogP contribution in [0.2, 0.25) is 0 Å². The molecule has 0 aliphatic rings. The molecule has 0 bridgehead atoms. The van der Waals surface area contributed by atoms with E-state index in [1.807, 2.05) is 7.05 Å². The molecule has 0 amide bonds. The summed E-state index contributed by atoms with van der Waals surface area (Å²) >= 11 is 0. The fourth-order valence-electron chi connectivity index (χ4n) is 1.26. The first-order valence-corrected chi connectivity index (χ1v) is 4.01. The topological polar surface area (TPSA) is 15.3 Å². The van der Waals surface area contributed by atoms with Crippen LogP contribution in [-0.4, -0.2) is 31.7 Å². The van der Waals surface area contributed by atoms with Crippen molar-refractivity contribution >= 4 is 0 Å². The molecule has 10 heavy (non-hydrogen) atoms. The van der Waals surface area contributed by atoms with Crippen LogP contribution in [-0.2, 0) is 0 Å². The summed E-state index contributed by atoms with van der Waals surface area (Å²) in [5.41, 5.74) is 0. The van der Waals surface area contributed by atoms with Gasteiger partial charge in [-0.15, -0.1) is 0 Å². The summed E-state index contributed by atoms with van der Waals surface area (Å²) in [6, 6.07) is 0. The average Bonchev–Trinajstić information content (AvgIpc) is 1.88. The second-order valence-corrected chi connectivity index (χ2v) is 3.05. The fraction of sp³-hybridized carbons (Fsp3) is 1.00. The van der Waals surface area contributed by atoms with Crippen LogP contribution in [0.1, 0.15) is 20.8 Å². The Morgan fingerprint density at radius 3 is 2.00 bits per heavy atom. The molecule has 0 spiro atoms. The van der Waals surface area contributed by atoms with Crippen molar-refractivity contribution in [3.05, 3.63) is 0 Å². The largest absolute Gasteiger partial charge is 0.305 e. The first-order chi connectivity index (χ1) is 4.63. The molecule has 0 rings (SSSR count). The number of nitrogens with zero attached hydrogens (tertiary/aromatic N) is 1. The third kappa shape index (κ3) is 2.67. The van der Waals surface area contributed by atoms with E-state index in [0.29, 0.717) is 12.1 Å². The van der Waals surface area contributed by atoms with Crippen LogP contribution in [0.5, 0.6) is 0 Å². The molecule has 0 saturated heterocycles. The summed E-state index contributed by atoms with van der Waals surface area (Å²) in [7, 11) is 4.15. The standard InChI is InChI=1S/C8H20N2/c1-6-10(5)8(9-4)7(2)3/h7-9H,6H2,1-5H3/t8-/m1/s1.